The Morgan fingerprint density at radius 2 is 2.00 bits per heavy atom. The zero-order chi connectivity index (χ0) is 19.3. The molecule has 0 unspecified atom stereocenters. The summed E-state index contributed by atoms with van der Waals surface area (Å²) in [5.74, 6) is -0.538. The number of carbonyl (C=O) groups is 1. The summed E-state index contributed by atoms with van der Waals surface area (Å²) in [6.45, 7) is 0. The van der Waals surface area contributed by atoms with E-state index >= 15 is 0 Å². The highest BCUT2D eigenvalue weighted by Crippen LogP contribution is 2.40. The molecule has 0 radical (unpaired) electrons. The smallest absolute Gasteiger partial charge is 0.281 e. The van der Waals surface area contributed by atoms with Gasteiger partial charge in [-0.15, -0.1) is 0 Å². The maximum absolute atomic E-state index is 12.7. The minimum Gasteiger partial charge on any atom is -0.381 e. The number of aromatic nitrogens is 2. The number of fused-ring (bicyclic) bond motifs is 3. The van der Waals surface area contributed by atoms with Crippen molar-refractivity contribution in [2.75, 3.05) is 19.4 Å². The first kappa shape index (κ1) is 18.2. The number of nitrogens with two attached hydrogens (primary N) is 1. The predicted octanol–water partition coefficient (Wildman–Crippen LogP) is 0.876. The van der Waals surface area contributed by atoms with Crippen LogP contribution in [0.25, 0.3) is 11.0 Å². The third-order valence-corrected chi connectivity index (χ3v) is 7.65. The summed E-state index contributed by atoms with van der Waals surface area (Å²) in [5, 5.41) is 4.27. The highest BCUT2D eigenvalue weighted by Gasteiger charge is 2.47. The maximum atomic E-state index is 12.7. The molecule has 3 atom stereocenters. The number of hydrogen-bond acceptors (Lipinski definition) is 5. The van der Waals surface area contributed by atoms with Crippen LogP contribution in [0.3, 0.4) is 0 Å². The number of nitrogens with one attached hydrogen (secondary N) is 2. The first-order valence-electron chi connectivity index (χ1n) is 9.02. The van der Waals surface area contributed by atoms with Crippen molar-refractivity contribution in [3.8, 4) is 0 Å². The lowest BCUT2D eigenvalue weighted by Crippen LogP contribution is -2.53. The summed E-state index contributed by atoms with van der Waals surface area (Å²) in [4.78, 5) is 19.1. The van der Waals surface area contributed by atoms with E-state index in [4.69, 9.17) is 5.73 Å². The fourth-order valence-electron chi connectivity index (χ4n) is 4.37. The molecule has 146 valence electrons. The number of rotatable bonds is 5. The number of hydrogen-bond donors (Lipinski definition) is 3. The fourth-order valence-corrected chi connectivity index (χ4v) is 5.89. The highest BCUT2D eigenvalue weighted by molar-refractivity contribution is 7.86. The number of aromatic amines is 1. The van der Waals surface area contributed by atoms with Gasteiger partial charge in [0.15, 0.2) is 0 Å². The highest BCUT2D eigenvalue weighted by atomic mass is 32.2. The number of carbonyl (C=O) groups excluding carboxylic acids is 1. The Hall–Kier alpha value is -2.17. The molecule has 10 heteroatoms. The van der Waals surface area contributed by atoms with Crippen molar-refractivity contribution in [2.24, 2.45) is 5.73 Å². The van der Waals surface area contributed by atoms with Crippen molar-refractivity contribution in [1.29, 1.82) is 0 Å². The van der Waals surface area contributed by atoms with Crippen molar-refractivity contribution in [1.82, 2.24) is 18.6 Å². The molecule has 4 N–H and O–H groups in total. The minimum atomic E-state index is -3.43. The molecule has 2 aromatic rings. The lowest BCUT2D eigenvalue weighted by Gasteiger charge is -2.39. The Morgan fingerprint density at radius 1 is 1.33 bits per heavy atom. The molecule has 2 aliphatic heterocycles. The van der Waals surface area contributed by atoms with Crippen molar-refractivity contribution >= 4 is 32.8 Å². The molecule has 0 aliphatic carbocycles. The number of nitrogens with zero attached hydrogens (tertiary/aromatic N) is 3. The van der Waals surface area contributed by atoms with Gasteiger partial charge in [0.2, 0.25) is 0 Å². The van der Waals surface area contributed by atoms with E-state index in [9.17, 15) is 13.2 Å². The Bertz CT molecular complexity index is 972. The molecule has 4 rings (SSSR count). The largest absolute Gasteiger partial charge is 0.381 e. The molecule has 2 aromatic heterocycles. The molecule has 2 bridgehead atoms. The molecule has 0 saturated carbocycles. The third kappa shape index (κ3) is 2.97. The first-order valence-corrected chi connectivity index (χ1v) is 10.4. The van der Waals surface area contributed by atoms with E-state index in [1.54, 1.807) is 24.6 Å². The summed E-state index contributed by atoms with van der Waals surface area (Å²) in [6, 6.07) is 1.86. The van der Waals surface area contributed by atoms with E-state index in [1.807, 2.05) is 6.07 Å². The molecule has 1 amide bonds. The van der Waals surface area contributed by atoms with Gasteiger partial charge in [-0.2, -0.15) is 17.0 Å². The van der Waals surface area contributed by atoms with Crippen LogP contribution in [0.1, 0.15) is 36.0 Å². The maximum Gasteiger partial charge on any atom is 0.281 e. The number of amides is 1. The normalized spacial score (nSPS) is 26.0. The van der Waals surface area contributed by atoms with Gasteiger partial charge >= 0.3 is 0 Å². The van der Waals surface area contributed by atoms with Crippen molar-refractivity contribution < 1.29 is 13.2 Å². The van der Waals surface area contributed by atoms with Crippen LogP contribution >= 0.6 is 0 Å². The summed E-state index contributed by atoms with van der Waals surface area (Å²) >= 11 is 0. The van der Waals surface area contributed by atoms with Crippen LogP contribution in [0.2, 0.25) is 0 Å². The molecule has 0 aromatic carbocycles. The quantitative estimate of drug-likeness (QED) is 0.697. The monoisotopic (exact) mass is 392 g/mol. The number of anilines is 1. The Labute approximate surface area is 158 Å². The number of H-pyrrole nitrogens is 1. The van der Waals surface area contributed by atoms with Crippen LogP contribution in [-0.2, 0) is 10.2 Å². The van der Waals surface area contributed by atoms with Crippen LogP contribution in [0.5, 0.6) is 0 Å². The zero-order valence-corrected chi connectivity index (χ0v) is 16.2. The predicted molar refractivity (Wildman–Crippen MR) is 103 cm³/mol. The van der Waals surface area contributed by atoms with Gasteiger partial charge < -0.3 is 16.0 Å². The van der Waals surface area contributed by atoms with Gasteiger partial charge in [0.25, 0.3) is 16.1 Å². The zero-order valence-electron chi connectivity index (χ0n) is 15.3. The van der Waals surface area contributed by atoms with E-state index in [0.29, 0.717) is 29.7 Å². The van der Waals surface area contributed by atoms with Gasteiger partial charge in [0, 0.05) is 50.0 Å². The molecule has 4 heterocycles. The second kappa shape index (κ2) is 6.47. The average Bonchev–Trinajstić information content (AvgIpc) is 3.18. The van der Waals surface area contributed by atoms with E-state index in [1.165, 1.54) is 10.5 Å². The van der Waals surface area contributed by atoms with E-state index in [-0.39, 0.29) is 18.1 Å². The van der Waals surface area contributed by atoms with Gasteiger partial charge in [-0.05, 0) is 31.7 Å². The van der Waals surface area contributed by atoms with Crippen LogP contribution < -0.4 is 11.1 Å². The SMILES string of the molecule is CN(C)S(=O)(=O)N1[C@@H]2CC[C@H]1C[C@H](Nc1c(C(N)=O)cnc3[nH]ccc13)C2. The van der Waals surface area contributed by atoms with Crippen LogP contribution in [0.15, 0.2) is 18.5 Å². The van der Waals surface area contributed by atoms with E-state index in [2.05, 4.69) is 15.3 Å². The van der Waals surface area contributed by atoms with Crippen LogP contribution in [0.4, 0.5) is 5.69 Å². The molecule has 9 nitrogen and oxygen atoms in total. The van der Waals surface area contributed by atoms with Gasteiger partial charge in [-0.3, -0.25) is 4.79 Å². The van der Waals surface area contributed by atoms with Gasteiger partial charge in [-0.1, -0.05) is 0 Å². The summed E-state index contributed by atoms with van der Waals surface area (Å²) in [5.41, 5.74) is 7.23. The molecule has 27 heavy (non-hydrogen) atoms. The van der Waals surface area contributed by atoms with Crippen LogP contribution in [0, 0.1) is 0 Å². The first-order chi connectivity index (χ1) is 12.8. The van der Waals surface area contributed by atoms with Crippen molar-refractivity contribution in [3.05, 3.63) is 24.0 Å². The van der Waals surface area contributed by atoms with Gasteiger partial charge in [-0.25, -0.2) is 4.98 Å². The Balaban J connectivity index is 1.62. The molecule has 2 saturated heterocycles. The third-order valence-electron chi connectivity index (χ3n) is 5.59. The second-order valence-corrected chi connectivity index (χ2v) is 9.52. The van der Waals surface area contributed by atoms with E-state index < -0.39 is 16.1 Å². The molecule has 2 aliphatic rings. The molecular formula is C17H24N6O3S. The number of piperidine rings is 1. The fraction of sp³-hybridized carbons (Fsp3) is 0.529. The summed E-state index contributed by atoms with van der Waals surface area (Å²) in [6.07, 6.45) is 6.34. The number of primary amides is 1. The molecular weight excluding hydrogens is 368 g/mol. The van der Waals surface area contributed by atoms with Crippen molar-refractivity contribution in [2.45, 2.75) is 43.8 Å². The minimum absolute atomic E-state index is 0.0331. The van der Waals surface area contributed by atoms with Gasteiger partial charge in [0.05, 0.1) is 11.3 Å². The molecule has 0 spiro atoms. The Kier molecular flexibility index (Phi) is 4.36. The summed E-state index contributed by atoms with van der Waals surface area (Å²) < 4.78 is 28.3. The summed E-state index contributed by atoms with van der Waals surface area (Å²) in [7, 11) is -0.295. The number of pyridine rings is 1. The second-order valence-electron chi connectivity index (χ2n) is 7.47. The van der Waals surface area contributed by atoms with Crippen LogP contribution in [-0.4, -0.2) is 65.1 Å². The topological polar surface area (TPSA) is 124 Å². The lowest BCUT2D eigenvalue weighted by atomic mass is 9.98. The molecule has 2 fully saturated rings. The Morgan fingerprint density at radius 3 is 2.59 bits per heavy atom. The average molecular weight is 392 g/mol. The van der Waals surface area contributed by atoms with E-state index in [0.717, 1.165) is 18.2 Å². The van der Waals surface area contributed by atoms with Crippen molar-refractivity contribution in [3.63, 3.8) is 0 Å². The lowest BCUT2D eigenvalue weighted by molar-refractivity contribution is 0.100. The van der Waals surface area contributed by atoms with Gasteiger partial charge in [0.1, 0.15) is 5.65 Å². The standard InChI is InChI=1S/C17H24N6O3S/c1-22(2)27(25,26)23-11-3-4-12(23)8-10(7-11)21-15-13-5-6-19-17(13)20-9-14(15)16(18)24/h5-6,9-12H,3-4,7-8H2,1-2H3,(H2,18,24)(H2,19,20,21)/t10-,11-,12+.